The number of fused-ring (bicyclic) bond motifs is 9. The second kappa shape index (κ2) is 14.5. The maximum atomic E-state index is 5.07. The van der Waals surface area contributed by atoms with Crippen LogP contribution in [0.25, 0.3) is 122 Å². The second-order valence-corrected chi connectivity index (χ2v) is 16.4. The largest absolute Gasteiger partial charge is 0.309 e. The summed E-state index contributed by atoms with van der Waals surface area (Å²) in [5, 5.41) is 9.63. The van der Waals surface area contributed by atoms with Gasteiger partial charge in [0.05, 0.1) is 27.8 Å². The summed E-state index contributed by atoms with van der Waals surface area (Å²) < 4.78 is 4.92. The van der Waals surface area contributed by atoms with Crippen molar-refractivity contribution in [2.75, 3.05) is 0 Å². The van der Waals surface area contributed by atoms with E-state index in [0.29, 0.717) is 17.5 Å². The molecule has 0 fully saturated rings. The first-order valence-corrected chi connectivity index (χ1v) is 21.7. The highest BCUT2D eigenvalue weighted by molar-refractivity contribution is 6.25. The van der Waals surface area contributed by atoms with Crippen molar-refractivity contribution in [1.29, 1.82) is 0 Å². The van der Waals surface area contributed by atoms with Crippen LogP contribution in [0.2, 0.25) is 0 Å². The van der Waals surface area contributed by atoms with Crippen LogP contribution in [0.15, 0.2) is 224 Å². The lowest BCUT2D eigenvalue weighted by molar-refractivity contribution is 1.07. The van der Waals surface area contributed by atoms with Gasteiger partial charge in [-0.25, -0.2) is 15.0 Å². The average molecular weight is 816 g/mol. The molecule has 0 spiro atoms. The van der Waals surface area contributed by atoms with Gasteiger partial charge in [0.1, 0.15) is 0 Å². The summed E-state index contributed by atoms with van der Waals surface area (Å²) in [6.45, 7) is 0. The van der Waals surface area contributed by atoms with Crippen LogP contribution in [0, 0.1) is 0 Å². The molecule has 3 aromatic heterocycles. The van der Waals surface area contributed by atoms with Crippen LogP contribution < -0.4 is 0 Å². The molecule has 0 aliphatic rings. The van der Waals surface area contributed by atoms with E-state index in [2.05, 4.69) is 173 Å². The molecule has 0 aliphatic heterocycles. The molecule has 298 valence electrons. The number of rotatable bonds is 6. The molecule has 0 unspecified atom stereocenters. The van der Waals surface area contributed by atoms with E-state index in [-0.39, 0.29) is 0 Å². The predicted molar refractivity (Wildman–Crippen MR) is 265 cm³/mol. The van der Waals surface area contributed by atoms with Crippen molar-refractivity contribution in [3.63, 3.8) is 0 Å². The third-order valence-electron chi connectivity index (χ3n) is 12.7. The fourth-order valence-corrected chi connectivity index (χ4v) is 9.76. The molecule has 0 bridgehead atoms. The zero-order valence-corrected chi connectivity index (χ0v) is 34.6. The topological polar surface area (TPSA) is 48.5 Å². The summed E-state index contributed by atoms with van der Waals surface area (Å²) in [7, 11) is 0. The molecule has 5 heteroatoms. The maximum Gasteiger partial charge on any atom is 0.164 e. The monoisotopic (exact) mass is 815 g/mol. The summed E-state index contributed by atoms with van der Waals surface area (Å²) in [5.41, 5.74) is 12.1. The third-order valence-corrected chi connectivity index (χ3v) is 12.7. The van der Waals surface area contributed by atoms with Gasteiger partial charge in [0.2, 0.25) is 0 Å². The maximum absolute atomic E-state index is 5.07. The Kier molecular flexibility index (Phi) is 8.15. The lowest BCUT2D eigenvalue weighted by Gasteiger charge is -2.14. The molecule has 0 aliphatic carbocycles. The summed E-state index contributed by atoms with van der Waals surface area (Å²) in [4.78, 5) is 15.1. The highest BCUT2D eigenvalue weighted by atomic mass is 15.0. The Hall–Kier alpha value is -8.67. The summed E-state index contributed by atoms with van der Waals surface area (Å²) in [5.74, 6) is 1.92. The van der Waals surface area contributed by atoms with Crippen molar-refractivity contribution in [2.24, 2.45) is 0 Å². The first-order valence-electron chi connectivity index (χ1n) is 21.7. The van der Waals surface area contributed by atoms with E-state index >= 15 is 0 Å². The number of nitrogens with zero attached hydrogens (tertiary/aromatic N) is 5. The Morgan fingerprint density at radius 3 is 1.55 bits per heavy atom. The Labute approximate surface area is 368 Å². The second-order valence-electron chi connectivity index (χ2n) is 16.4. The van der Waals surface area contributed by atoms with E-state index in [4.69, 9.17) is 15.0 Å². The van der Waals surface area contributed by atoms with Crippen molar-refractivity contribution < 1.29 is 0 Å². The van der Waals surface area contributed by atoms with Crippen LogP contribution in [-0.4, -0.2) is 24.1 Å². The van der Waals surface area contributed by atoms with Crippen LogP contribution in [0.5, 0.6) is 0 Å². The van der Waals surface area contributed by atoms with E-state index in [9.17, 15) is 0 Å². The van der Waals surface area contributed by atoms with Gasteiger partial charge in [-0.15, -0.1) is 0 Å². The molecule has 0 radical (unpaired) electrons. The molecule has 13 aromatic rings. The minimum Gasteiger partial charge on any atom is -0.309 e. The molecule has 0 atom stereocenters. The number of hydrogen-bond acceptors (Lipinski definition) is 3. The van der Waals surface area contributed by atoms with E-state index in [1.54, 1.807) is 0 Å². The lowest BCUT2D eigenvalue weighted by Crippen LogP contribution is -2.00. The lowest BCUT2D eigenvalue weighted by atomic mass is 10.0. The fourth-order valence-electron chi connectivity index (χ4n) is 9.76. The fraction of sp³-hybridized carbons (Fsp3) is 0. The molecule has 3 heterocycles. The van der Waals surface area contributed by atoms with Crippen LogP contribution in [0.3, 0.4) is 0 Å². The minimum atomic E-state index is 0.632. The van der Waals surface area contributed by atoms with Crippen molar-refractivity contribution in [3.05, 3.63) is 224 Å². The van der Waals surface area contributed by atoms with Crippen molar-refractivity contribution >= 4 is 65.2 Å². The smallest absolute Gasteiger partial charge is 0.164 e. The first kappa shape index (κ1) is 36.0. The summed E-state index contributed by atoms with van der Waals surface area (Å²) >= 11 is 0. The Morgan fingerprint density at radius 2 is 0.828 bits per heavy atom. The molecule has 0 N–H and O–H groups in total. The van der Waals surface area contributed by atoms with Gasteiger partial charge in [0.25, 0.3) is 0 Å². The van der Waals surface area contributed by atoms with Crippen LogP contribution in [0.1, 0.15) is 0 Å². The quantitative estimate of drug-likeness (QED) is 0.168. The average Bonchev–Trinajstić information content (AvgIpc) is 3.87. The minimum absolute atomic E-state index is 0.632. The van der Waals surface area contributed by atoms with E-state index < -0.39 is 0 Å². The number of hydrogen-bond donors (Lipinski definition) is 0. The van der Waals surface area contributed by atoms with Gasteiger partial charge in [-0.1, -0.05) is 176 Å². The van der Waals surface area contributed by atoms with E-state index in [1.807, 2.05) is 60.7 Å². The normalized spacial score (nSPS) is 11.8. The van der Waals surface area contributed by atoms with Gasteiger partial charge >= 0.3 is 0 Å². The standard InChI is InChI=1S/C59H37N5/c1-5-16-38(17-6-1)42-28-32-48-49-36-50-55(63(45-24-11-4-12-25-45)52-33-30-39-18-13-14-26-47(39)56(50)52)37-54(49)64(53(48)35-42)51-27-15-23-43-34-44(29-31-46(43)51)59-61-57(40-19-7-2-8-20-40)60-58(62-59)41-21-9-3-10-22-41/h1-37H. The molecule has 5 nitrogen and oxygen atoms in total. The van der Waals surface area contributed by atoms with Gasteiger partial charge in [-0.05, 0) is 75.8 Å². The molecule has 64 heavy (non-hydrogen) atoms. The Morgan fingerprint density at radius 1 is 0.266 bits per heavy atom. The third kappa shape index (κ3) is 5.75. The van der Waals surface area contributed by atoms with E-state index in [0.717, 1.165) is 55.4 Å². The highest BCUT2D eigenvalue weighted by Gasteiger charge is 2.22. The highest BCUT2D eigenvalue weighted by Crippen LogP contribution is 2.43. The van der Waals surface area contributed by atoms with Crippen LogP contribution in [0.4, 0.5) is 0 Å². The zero-order chi connectivity index (χ0) is 42.1. The zero-order valence-electron chi connectivity index (χ0n) is 34.6. The first-order chi connectivity index (χ1) is 31.7. The number of para-hydroxylation sites is 1. The molecule has 0 amide bonds. The van der Waals surface area contributed by atoms with Crippen molar-refractivity contribution in [1.82, 2.24) is 24.1 Å². The molecular formula is C59H37N5. The van der Waals surface area contributed by atoms with Crippen LogP contribution in [-0.2, 0) is 0 Å². The summed E-state index contributed by atoms with van der Waals surface area (Å²) in [6, 6.07) is 80.1. The van der Waals surface area contributed by atoms with Gasteiger partial charge in [0.15, 0.2) is 17.5 Å². The Bertz CT molecular complexity index is 3870. The predicted octanol–water partition coefficient (Wildman–Crippen LogP) is 15.0. The summed E-state index contributed by atoms with van der Waals surface area (Å²) in [6.07, 6.45) is 0. The van der Waals surface area contributed by atoms with Crippen molar-refractivity contribution in [3.8, 4) is 56.7 Å². The van der Waals surface area contributed by atoms with Crippen molar-refractivity contribution in [2.45, 2.75) is 0 Å². The molecule has 10 aromatic carbocycles. The SMILES string of the molecule is c1ccc(-c2ccc3c4cc5c6c7ccccc7ccc6n(-c6ccccc6)c5cc4n(-c4cccc5cc(-c6nc(-c7ccccc7)nc(-c7ccccc7)n6)ccc45)c3c2)cc1. The molecular weight excluding hydrogens is 779 g/mol. The molecule has 13 rings (SSSR count). The number of benzene rings is 10. The van der Waals surface area contributed by atoms with E-state index in [1.165, 1.54) is 49.0 Å². The number of aromatic nitrogens is 5. The van der Waals surface area contributed by atoms with Gasteiger partial charge in [-0.3, -0.25) is 0 Å². The molecule has 0 saturated carbocycles. The molecule has 0 saturated heterocycles. The van der Waals surface area contributed by atoms with Crippen LogP contribution >= 0.6 is 0 Å². The van der Waals surface area contributed by atoms with Gasteiger partial charge in [-0.2, -0.15) is 0 Å². The van der Waals surface area contributed by atoms with Gasteiger partial charge in [0, 0.05) is 49.3 Å². The Balaban J connectivity index is 1.08. The van der Waals surface area contributed by atoms with Gasteiger partial charge < -0.3 is 9.13 Å².